The zero-order valence-corrected chi connectivity index (χ0v) is 19.5. The number of halogens is 2. The topological polar surface area (TPSA) is 96.9 Å². The first-order valence-corrected chi connectivity index (χ1v) is 10.2. The minimum atomic E-state index is -1.03. The molecule has 0 fully saturated rings. The smallest absolute Gasteiger partial charge is 0.335 e. The van der Waals surface area contributed by atoms with Crippen LogP contribution in [-0.4, -0.2) is 36.2 Å². The fourth-order valence-corrected chi connectivity index (χ4v) is 3.21. The van der Waals surface area contributed by atoms with Crippen molar-refractivity contribution in [3.05, 3.63) is 51.0 Å². The normalized spacial score (nSPS) is 11.0. The molecular formula is C21H24BrClN2O5. The van der Waals surface area contributed by atoms with E-state index in [0.29, 0.717) is 28.8 Å². The number of methoxy groups -OCH3 is 1. The van der Waals surface area contributed by atoms with E-state index < -0.39 is 5.97 Å². The summed E-state index contributed by atoms with van der Waals surface area (Å²) in [5.41, 5.74) is 1.12. The molecule has 0 heterocycles. The molecule has 0 aliphatic heterocycles. The first-order chi connectivity index (χ1) is 14.0. The summed E-state index contributed by atoms with van der Waals surface area (Å²) in [6.45, 7) is 5.88. The number of carboxylic acids is 1. The van der Waals surface area contributed by atoms with Gasteiger partial charge in [-0.05, 0) is 56.7 Å². The number of carboxylic acid groups (broad SMARTS) is 1. The minimum Gasteiger partial charge on any atom is -0.493 e. The predicted molar refractivity (Wildman–Crippen MR) is 120 cm³/mol. The molecule has 30 heavy (non-hydrogen) atoms. The number of hydrogen-bond donors (Lipinski definition) is 3. The van der Waals surface area contributed by atoms with Crippen LogP contribution in [0.1, 0.15) is 36.7 Å². The van der Waals surface area contributed by atoms with Gasteiger partial charge < -0.3 is 25.2 Å². The maximum atomic E-state index is 12.0. The summed E-state index contributed by atoms with van der Waals surface area (Å²) in [6, 6.07) is 7.93. The number of ether oxygens (including phenoxy) is 2. The second-order valence-corrected chi connectivity index (χ2v) is 8.80. The van der Waals surface area contributed by atoms with Crippen LogP contribution >= 0.6 is 27.5 Å². The summed E-state index contributed by atoms with van der Waals surface area (Å²) in [5.74, 6) is -0.388. The van der Waals surface area contributed by atoms with Gasteiger partial charge >= 0.3 is 5.97 Å². The van der Waals surface area contributed by atoms with Crippen molar-refractivity contribution in [1.29, 1.82) is 0 Å². The summed E-state index contributed by atoms with van der Waals surface area (Å²) in [5, 5.41) is 15.5. The fraction of sp³-hybridized carbons (Fsp3) is 0.333. The van der Waals surface area contributed by atoms with Gasteiger partial charge in [-0.2, -0.15) is 0 Å². The molecule has 2 rings (SSSR count). The minimum absolute atomic E-state index is 0.135. The molecule has 0 aliphatic rings. The molecule has 0 radical (unpaired) electrons. The lowest BCUT2D eigenvalue weighted by Crippen LogP contribution is -2.43. The molecule has 9 heteroatoms. The molecule has 0 saturated heterocycles. The molecule has 0 bridgehead atoms. The van der Waals surface area contributed by atoms with Crippen molar-refractivity contribution in [3.63, 3.8) is 0 Å². The summed E-state index contributed by atoms with van der Waals surface area (Å²) in [6.07, 6.45) is 0. The largest absolute Gasteiger partial charge is 0.493 e. The van der Waals surface area contributed by atoms with Gasteiger partial charge in [0.05, 0.1) is 23.4 Å². The maximum Gasteiger partial charge on any atom is 0.335 e. The molecule has 0 aliphatic carbocycles. The molecule has 7 nitrogen and oxygen atoms in total. The molecular weight excluding hydrogens is 476 g/mol. The zero-order chi connectivity index (χ0) is 22.5. The van der Waals surface area contributed by atoms with Gasteiger partial charge in [-0.1, -0.05) is 27.5 Å². The lowest BCUT2D eigenvalue weighted by atomic mass is 10.1. The van der Waals surface area contributed by atoms with E-state index in [-0.39, 0.29) is 23.6 Å². The number of hydrogen-bond acceptors (Lipinski definition) is 5. The number of carbonyl (C=O) groups excluding carboxylic acids is 1. The van der Waals surface area contributed by atoms with Crippen LogP contribution < -0.4 is 20.1 Å². The van der Waals surface area contributed by atoms with E-state index in [0.717, 1.165) is 10.0 Å². The highest BCUT2D eigenvalue weighted by atomic mass is 79.9. The van der Waals surface area contributed by atoms with Crippen molar-refractivity contribution in [2.75, 3.05) is 19.0 Å². The molecule has 1 amide bonds. The second-order valence-electron chi connectivity index (χ2n) is 7.53. The van der Waals surface area contributed by atoms with Crippen LogP contribution in [0.2, 0.25) is 5.02 Å². The van der Waals surface area contributed by atoms with Crippen molar-refractivity contribution in [1.82, 2.24) is 5.32 Å². The molecule has 2 aromatic rings. The van der Waals surface area contributed by atoms with Crippen LogP contribution in [-0.2, 0) is 11.3 Å². The van der Waals surface area contributed by atoms with E-state index in [4.69, 9.17) is 26.2 Å². The number of amides is 1. The average Bonchev–Trinajstić information content (AvgIpc) is 2.65. The van der Waals surface area contributed by atoms with Gasteiger partial charge in [0.25, 0.3) is 5.91 Å². The first-order valence-electron chi connectivity index (χ1n) is 9.07. The van der Waals surface area contributed by atoms with Crippen molar-refractivity contribution < 1.29 is 24.2 Å². The first kappa shape index (κ1) is 23.8. The van der Waals surface area contributed by atoms with Crippen LogP contribution in [0.15, 0.2) is 34.8 Å². The number of aromatic carboxylic acids is 1. The van der Waals surface area contributed by atoms with Crippen LogP contribution in [0.25, 0.3) is 0 Å². The van der Waals surface area contributed by atoms with Gasteiger partial charge in [0, 0.05) is 16.6 Å². The molecule has 0 aromatic heterocycles. The molecule has 0 spiro atoms. The van der Waals surface area contributed by atoms with E-state index in [1.165, 1.54) is 25.3 Å². The third kappa shape index (κ3) is 6.81. The Kier molecular flexibility index (Phi) is 7.97. The van der Waals surface area contributed by atoms with Gasteiger partial charge in [0.2, 0.25) is 0 Å². The molecule has 0 unspecified atom stereocenters. The monoisotopic (exact) mass is 498 g/mol. The number of nitrogens with one attached hydrogen (secondary N) is 2. The number of anilines is 1. The highest BCUT2D eigenvalue weighted by Crippen LogP contribution is 2.34. The predicted octanol–water partition coefficient (Wildman–Crippen LogP) is 4.71. The Bertz CT molecular complexity index is 944. The van der Waals surface area contributed by atoms with Gasteiger partial charge in [-0.3, -0.25) is 4.79 Å². The van der Waals surface area contributed by atoms with Gasteiger partial charge in [-0.25, -0.2) is 4.79 Å². The third-order valence-corrected chi connectivity index (χ3v) is 4.96. The van der Waals surface area contributed by atoms with E-state index in [9.17, 15) is 9.59 Å². The summed E-state index contributed by atoms with van der Waals surface area (Å²) < 4.78 is 11.7. The molecule has 3 N–H and O–H groups in total. The third-order valence-electron chi connectivity index (χ3n) is 3.89. The lowest BCUT2D eigenvalue weighted by Gasteiger charge is -2.21. The van der Waals surface area contributed by atoms with E-state index >= 15 is 0 Å². The van der Waals surface area contributed by atoms with Crippen molar-refractivity contribution in [3.8, 4) is 11.5 Å². The average molecular weight is 500 g/mol. The standard InChI is InChI=1S/C21H24BrClN2O5/c1-21(2,3)25-19(26)11-30-18-9-14(22)13(8-17(18)29-4)10-24-16-7-12(20(27)28)5-6-15(16)23/h5-9,24H,10-11H2,1-4H3,(H,25,26)(H,27,28). The highest BCUT2D eigenvalue weighted by molar-refractivity contribution is 9.10. The Hall–Kier alpha value is -2.45. The van der Waals surface area contributed by atoms with Gasteiger partial charge in [-0.15, -0.1) is 0 Å². The van der Waals surface area contributed by atoms with E-state index in [1.54, 1.807) is 12.1 Å². The van der Waals surface area contributed by atoms with Crippen molar-refractivity contribution >= 4 is 45.1 Å². The van der Waals surface area contributed by atoms with Crippen LogP contribution in [0.5, 0.6) is 11.5 Å². The van der Waals surface area contributed by atoms with Gasteiger partial charge in [0.15, 0.2) is 18.1 Å². The van der Waals surface area contributed by atoms with Gasteiger partial charge in [0.1, 0.15) is 0 Å². The number of carbonyl (C=O) groups is 2. The summed E-state index contributed by atoms with van der Waals surface area (Å²) in [7, 11) is 1.51. The maximum absolute atomic E-state index is 12.0. The van der Waals surface area contributed by atoms with E-state index in [2.05, 4.69) is 26.6 Å². The Morgan fingerprint density at radius 2 is 1.87 bits per heavy atom. The quantitative estimate of drug-likeness (QED) is 0.486. The summed E-state index contributed by atoms with van der Waals surface area (Å²) >= 11 is 9.65. The molecule has 0 atom stereocenters. The van der Waals surface area contributed by atoms with Crippen molar-refractivity contribution in [2.24, 2.45) is 0 Å². The lowest BCUT2D eigenvalue weighted by molar-refractivity contribution is -0.124. The second kappa shape index (κ2) is 10.0. The van der Waals surface area contributed by atoms with Crippen molar-refractivity contribution in [2.45, 2.75) is 32.9 Å². The highest BCUT2D eigenvalue weighted by Gasteiger charge is 2.16. The fourth-order valence-electron chi connectivity index (χ4n) is 2.57. The summed E-state index contributed by atoms with van der Waals surface area (Å²) in [4.78, 5) is 23.2. The SMILES string of the molecule is COc1cc(CNc2cc(C(=O)O)ccc2Cl)c(Br)cc1OCC(=O)NC(C)(C)C. The number of benzene rings is 2. The Morgan fingerprint density at radius 1 is 1.17 bits per heavy atom. The molecule has 2 aromatic carbocycles. The Morgan fingerprint density at radius 3 is 2.47 bits per heavy atom. The van der Waals surface area contributed by atoms with Crippen LogP contribution in [0.3, 0.4) is 0 Å². The van der Waals surface area contributed by atoms with Crippen LogP contribution in [0.4, 0.5) is 5.69 Å². The van der Waals surface area contributed by atoms with E-state index in [1.807, 2.05) is 20.8 Å². The Labute approximate surface area is 188 Å². The molecule has 162 valence electrons. The Balaban J connectivity index is 2.13. The molecule has 0 saturated carbocycles. The number of rotatable bonds is 8. The van der Waals surface area contributed by atoms with Crippen LogP contribution in [0, 0.1) is 0 Å². The zero-order valence-electron chi connectivity index (χ0n) is 17.1.